The van der Waals surface area contributed by atoms with Crippen LogP contribution in [0.5, 0.6) is 0 Å². The summed E-state index contributed by atoms with van der Waals surface area (Å²) >= 11 is 1.69. The van der Waals surface area contributed by atoms with Gasteiger partial charge in [-0.3, -0.25) is 9.98 Å². The lowest BCUT2D eigenvalue weighted by Gasteiger charge is -2.24. The Labute approximate surface area is 86.5 Å². The van der Waals surface area contributed by atoms with Gasteiger partial charge in [-0.05, 0) is 12.8 Å². The zero-order valence-corrected chi connectivity index (χ0v) is 8.57. The number of rotatable bonds is 2. The molecule has 1 aromatic rings. The normalized spacial score (nSPS) is 26.7. The topological polar surface area (TPSA) is 54.5 Å². The van der Waals surface area contributed by atoms with Crippen molar-refractivity contribution in [2.75, 3.05) is 6.54 Å². The van der Waals surface area contributed by atoms with Crippen LogP contribution in [0, 0.1) is 0 Å². The average molecular weight is 208 g/mol. The molecule has 3 rings (SSSR count). The highest BCUT2D eigenvalue weighted by atomic mass is 32.1. The molecule has 74 valence electrons. The number of hydrogen-bond donors (Lipinski definition) is 1. The summed E-state index contributed by atoms with van der Waals surface area (Å²) in [6.07, 6.45) is 4.44. The number of guanidine groups is 1. The van der Waals surface area contributed by atoms with E-state index in [9.17, 15) is 0 Å². The fraction of sp³-hybridized carbons (Fsp3) is 0.556. The Kier molecular flexibility index (Phi) is 1.73. The van der Waals surface area contributed by atoms with Gasteiger partial charge in [-0.25, -0.2) is 0 Å². The molecule has 2 aliphatic rings. The number of nitrogens with zero attached hydrogens (tertiary/aromatic N) is 3. The second-order valence-corrected chi connectivity index (χ2v) is 4.67. The highest BCUT2D eigenvalue weighted by Crippen LogP contribution is 2.37. The van der Waals surface area contributed by atoms with Crippen LogP contribution >= 0.6 is 11.3 Å². The molecular weight excluding hydrogens is 196 g/mol. The van der Waals surface area contributed by atoms with Crippen molar-refractivity contribution < 1.29 is 0 Å². The van der Waals surface area contributed by atoms with Crippen LogP contribution < -0.4 is 5.73 Å². The summed E-state index contributed by atoms with van der Waals surface area (Å²) < 4.78 is 0. The Morgan fingerprint density at radius 3 is 3.00 bits per heavy atom. The van der Waals surface area contributed by atoms with Gasteiger partial charge in [0.05, 0.1) is 18.1 Å². The lowest BCUT2D eigenvalue weighted by molar-refractivity contribution is 0.342. The third kappa shape index (κ3) is 1.19. The smallest absolute Gasteiger partial charge is 0.192 e. The van der Waals surface area contributed by atoms with E-state index in [2.05, 4.69) is 14.9 Å². The fourth-order valence-electron chi connectivity index (χ4n) is 1.92. The van der Waals surface area contributed by atoms with E-state index in [1.807, 2.05) is 11.7 Å². The molecule has 1 aliphatic carbocycles. The Bertz CT molecular complexity index is 355. The van der Waals surface area contributed by atoms with Crippen LogP contribution in [0.15, 0.2) is 16.7 Å². The Balaban J connectivity index is 1.87. The number of aromatic nitrogens is 1. The summed E-state index contributed by atoms with van der Waals surface area (Å²) in [5.41, 5.74) is 7.75. The molecule has 1 aliphatic heterocycles. The highest BCUT2D eigenvalue weighted by molar-refractivity contribution is 7.09. The van der Waals surface area contributed by atoms with Gasteiger partial charge in [-0.15, -0.1) is 11.3 Å². The van der Waals surface area contributed by atoms with E-state index < -0.39 is 0 Å². The monoisotopic (exact) mass is 208 g/mol. The quantitative estimate of drug-likeness (QED) is 0.788. The lowest BCUT2D eigenvalue weighted by Crippen LogP contribution is -2.37. The first-order valence-electron chi connectivity index (χ1n) is 4.83. The Morgan fingerprint density at radius 2 is 2.36 bits per heavy atom. The number of aliphatic imine (C=N–C) groups is 1. The molecule has 0 saturated heterocycles. The Hall–Kier alpha value is -1.10. The number of hydrogen-bond acceptors (Lipinski definition) is 5. The predicted molar refractivity (Wildman–Crippen MR) is 56.2 cm³/mol. The molecule has 1 saturated carbocycles. The van der Waals surface area contributed by atoms with Crippen molar-refractivity contribution >= 4 is 17.3 Å². The molecule has 2 heterocycles. The average Bonchev–Trinajstić information content (AvgIpc) is 2.75. The van der Waals surface area contributed by atoms with Crippen LogP contribution in [0.2, 0.25) is 0 Å². The number of thiazole rings is 1. The van der Waals surface area contributed by atoms with Crippen molar-refractivity contribution in [3.05, 3.63) is 16.6 Å². The first kappa shape index (κ1) is 8.23. The van der Waals surface area contributed by atoms with Gasteiger partial charge in [-0.1, -0.05) is 0 Å². The van der Waals surface area contributed by atoms with Crippen molar-refractivity contribution in [3.63, 3.8) is 0 Å². The van der Waals surface area contributed by atoms with Crippen molar-refractivity contribution in [1.82, 2.24) is 9.88 Å². The molecule has 0 bridgehead atoms. The standard InChI is InChI=1S/C9H12N4S/c10-9-12-3-7(8-4-11-5-14-8)13(9)6-1-2-6/h4-7H,1-3H2,(H2,10,12). The largest absolute Gasteiger partial charge is 0.370 e. The minimum Gasteiger partial charge on any atom is -0.370 e. The van der Waals surface area contributed by atoms with Crippen LogP contribution in [0.25, 0.3) is 0 Å². The van der Waals surface area contributed by atoms with E-state index >= 15 is 0 Å². The molecule has 0 aromatic carbocycles. The third-order valence-corrected chi connectivity index (χ3v) is 3.62. The van der Waals surface area contributed by atoms with Crippen LogP contribution in [-0.2, 0) is 0 Å². The van der Waals surface area contributed by atoms with Crippen molar-refractivity contribution in [3.8, 4) is 0 Å². The van der Waals surface area contributed by atoms with Gasteiger partial charge in [0.2, 0.25) is 0 Å². The van der Waals surface area contributed by atoms with Crippen molar-refractivity contribution in [2.45, 2.75) is 24.9 Å². The maximum Gasteiger partial charge on any atom is 0.192 e. The zero-order valence-electron chi connectivity index (χ0n) is 7.76. The lowest BCUT2D eigenvalue weighted by atomic mass is 10.2. The zero-order chi connectivity index (χ0) is 9.54. The molecule has 0 spiro atoms. The van der Waals surface area contributed by atoms with E-state index in [4.69, 9.17) is 5.73 Å². The second kappa shape index (κ2) is 2.95. The van der Waals surface area contributed by atoms with Crippen molar-refractivity contribution in [1.29, 1.82) is 0 Å². The summed E-state index contributed by atoms with van der Waals surface area (Å²) in [5, 5.41) is 0. The van der Waals surface area contributed by atoms with E-state index in [1.165, 1.54) is 17.7 Å². The van der Waals surface area contributed by atoms with E-state index in [0.29, 0.717) is 18.0 Å². The Morgan fingerprint density at radius 1 is 1.50 bits per heavy atom. The van der Waals surface area contributed by atoms with Gasteiger partial charge in [0.15, 0.2) is 5.96 Å². The first-order valence-corrected chi connectivity index (χ1v) is 5.71. The van der Waals surface area contributed by atoms with Gasteiger partial charge in [0.25, 0.3) is 0 Å². The molecule has 1 unspecified atom stereocenters. The maximum absolute atomic E-state index is 5.88. The molecule has 1 fully saturated rings. The van der Waals surface area contributed by atoms with Crippen molar-refractivity contribution in [2.24, 2.45) is 10.7 Å². The molecular formula is C9H12N4S. The van der Waals surface area contributed by atoms with Gasteiger partial charge in [0, 0.05) is 17.1 Å². The summed E-state index contributed by atoms with van der Waals surface area (Å²) in [4.78, 5) is 12.0. The van der Waals surface area contributed by atoms with E-state index in [0.717, 1.165) is 6.54 Å². The van der Waals surface area contributed by atoms with E-state index in [-0.39, 0.29) is 0 Å². The minimum absolute atomic E-state index is 0.356. The first-order chi connectivity index (χ1) is 6.86. The van der Waals surface area contributed by atoms with Gasteiger partial charge < -0.3 is 10.6 Å². The molecule has 4 nitrogen and oxygen atoms in total. The maximum atomic E-state index is 5.88. The minimum atomic E-state index is 0.356. The molecule has 5 heteroatoms. The highest BCUT2D eigenvalue weighted by Gasteiger charge is 2.39. The van der Waals surface area contributed by atoms with Crippen LogP contribution in [0.1, 0.15) is 23.8 Å². The van der Waals surface area contributed by atoms with Crippen LogP contribution in [0.4, 0.5) is 0 Å². The summed E-state index contributed by atoms with van der Waals surface area (Å²) in [7, 11) is 0. The number of nitrogens with two attached hydrogens (primary N) is 1. The molecule has 2 N–H and O–H groups in total. The van der Waals surface area contributed by atoms with E-state index in [1.54, 1.807) is 11.3 Å². The van der Waals surface area contributed by atoms with Gasteiger partial charge in [0.1, 0.15) is 0 Å². The van der Waals surface area contributed by atoms with Crippen LogP contribution in [0.3, 0.4) is 0 Å². The van der Waals surface area contributed by atoms with Gasteiger partial charge in [-0.2, -0.15) is 0 Å². The summed E-state index contributed by atoms with van der Waals surface area (Å²) in [5.74, 6) is 0.714. The second-order valence-electron chi connectivity index (χ2n) is 3.76. The fourth-order valence-corrected chi connectivity index (χ4v) is 2.63. The predicted octanol–water partition coefficient (Wildman–Crippen LogP) is 0.977. The molecule has 14 heavy (non-hydrogen) atoms. The summed E-state index contributed by atoms with van der Waals surface area (Å²) in [6.45, 7) is 0.796. The molecule has 1 atom stereocenters. The van der Waals surface area contributed by atoms with Crippen LogP contribution in [-0.4, -0.2) is 28.4 Å². The SMILES string of the molecule is NC1=NCC(c2cncs2)N1C1CC1. The third-order valence-electron chi connectivity index (χ3n) is 2.75. The summed E-state index contributed by atoms with van der Waals surface area (Å²) in [6, 6.07) is 0.989. The molecule has 0 radical (unpaired) electrons. The van der Waals surface area contributed by atoms with Gasteiger partial charge >= 0.3 is 0 Å². The molecule has 1 aromatic heterocycles. The molecule has 0 amide bonds.